The van der Waals surface area contributed by atoms with Gasteiger partial charge in [0.2, 0.25) is 0 Å². The normalized spacial score (nSPS) is 9.63. The van der Waals surface area contributed by atoms with E-state index >= 15 is 0 Å². The first kappa shape index (κ1) is 15.0. The SMILES string of the molecule is COC(=O)C(=Cc1cc(O)c(O)cc1Br)C(=O)OC. The summed E-state index contributed by atoms with van der Waals surface area (Å²) in [6, 6.07) is 2.42. The summed E-state index contributed by atoms with van der Waals surface area (Å²) >= 11 is 3.13. The Balaban J connectivity index is 3.33. The van der Waals surface area contributed by atoms with Crippen LogP contribution in [0.3, 0.4) is 0 Å². The number of esters is 2. The molecule has 0 aromatic heterocycles. The van der Waals surface area contributed by atoms with Gasteiger partial charge in [0.25, 0.3) is 0 Å². The van der Waals surface area contributed by atoms with E-state index < -0.39 is 11.9 Å². The molecule has 6 nitrogen and oxygen atoms in total. The summed E-state index contributed by atoms with van der Waals surface area (Å²) in [7, 11) is 2.25. The van der Waals surface area contributed by atoms with Crippen molar-refractivity contribution in [2.24, 2.45) is 0 Å². The van der Waals surface area contributed by atoms with Crippen molar-refractivity contribution >= 4 is 33.9 Å². The monoisotopic (exact) mass is 330 g/mol. The Labute approximate surface area is 117 Å². The number of ether oxygens (including phenoxy) is 2. The number of halogens is 1. The highest BCUT2D eigenvalue weighted by Crippen LogP contribution is 2.32. The molecule has 2 N–H and O–H groups in total. The molecular weight excluding hydrogens is 320 g/mol. The van der Waals surface area contributed by atoms with Crippen LogP contribution in [-0.2, 0) is 19.1 Å². The second-order valence-corrected chi connectivity index (χ2v) is 4.26. The van der Waals surface area contributed by atoms with E-state index in [-0.39, 0.29) is 17.1 Å². The standard InChI is InChI=1S/C12H11BrO6/c1-18-11(16)7(12(17)19-2)3-6-4-9(14)10(15)5-8(6)13/h3-5,14-15H,1-2H3. The van der Waals surface area contributed by atoms with Gasteiger partial charge in [-0.25, -0.2) is 9.59 Å². The molecule has 0 amide bonds. The van der Waals surface area contributed by atoms with Gasteiger partial charge in [-0.3, -0.25) is 0 Å². The van der Waals surface area contributed by atoms with Crippen molar-refractivity contribution < 1.29 is 29.3 Å². The zero-order valence-corrected chi connectivity index (χ0v) is 11.7. The fraction of sp³-hybridized carbons (Fsp3) is 0.167. The van der Waals surface area contributed by atoms with E-state index in [2.05, 4.69) is 25.4 Å². The lowest BCUT2D eigenvalue weighted by molar-refractivity contribution is -0.143. The van der Waals surface area contributed by atoms with E-state index in [1.165, 1.54) is 18.2 Å². The van der Waals surface area contributed by atoms with E-state index in [9.17, 15) is 19.8 Å². The molecule has 0 heterocycles. The molecule has 0 aliphatic rings. The topological polar surface area (TPSA) is 93.1 Å². The average molecular weight is 331 g/mol. The van der Waals surface area contributed by atoms with E-state index in [1.54, 1.807) is 0 Å². The van der Waals surface area contributed by atoms with Crippen molar-refractivity contribution in [3.63, 3.8) is 0 Å². The van der Waals surface area contributed by atoms with Crippen LogP contribution >= 0.6 is 15.9 Å². The molecule has 0 aliphatic heterocycles. The molecule has 0 atom stereocenters. The number of carbonyl (C=O) groups is 2. The Morgan fingerprint density at radius 2 is 1.58 bits per heavy atom. The maximum Gasteiger partial charge on any atom is 0.345 e. The highest BCUT2D eigenvalue weighted by molar-refractivity contribution is 9.10. The molecule has 0 aliphatic carbocycles. The zero-order chi connectivity index (χ0) is 14.6. The van der Waals surface area contributed by atoms with Crippen LogP contribution in [0.2, 0.25) is 0 Å². The first-order valence-corrected chi connectivity index (χ1v) is 5.79. The quantitative estimate of drug-likeness (QED) is 0.287. The minimum atomic E-state index is -0.869. The van der Waals surface area contributed by atoms with Gasteiger partial charge in [-0.15, -0.1) is 0 Å². The van der Waals surface area contributed by atoms with Crippen molar-refractivity contribution in [2.45, 2.75) is 0 Å². The molecule has 102 valence electrons. The number of hydrogen-bond acceptors (Lipinski definition) is 6. The second-order valence-electron chi connectivity index (χ2n) is 3.40. The summed E-state index contributed by atoms with van der Waals surface area (Å²) in [4.78, 5) is 22.9. The van der Waals surface area contributed by atoms with E-state index in [1.807, 2.05) is 0 Å². The first-order chi connectivity index (χ1) is 8.90. The predicted molar refractivity (Wildman–Crippen MR) is 69.5 cm³/mol. The lowest BCUT2D eigenvalue weighted by Gasteiger charge is -2.06. The van der Waals surface area contributed by atoms with Crippen LogP contribution in [0, 0.1) is 0 Å². The number of carbonyl (C=O) groups excluding carboxylic acids is 2. The molecule has 19 heavy (non-hydrogen) atoms. The molecule has 0 bridgehead atoms. The van der Waals surface area contributed by atoms with Crippen molar-refractivity contribution in [3.8, 4) is 11.5 Å². The third-order valence-corrected chi connectivity index (χ3v) is 2.89. The Morgan fingerprint density at radius 3 is 2.05 bits per heavy atom. The van der Waals surface area contributed by atoms with Crippen LogP contribution in [0.25, 0.3) is 6.08 Å². The van der Waals surface area contributed by atoms with Crippen molar-refractivity contribution in [2.75, 3.05) is 14.2 Å². The Morgan fingerprint density at radius 1 is 1.11 bits per heavy atom. The first-order valence-electron chi connectivity index (χ1n) is 5.00. The van der Waals surface area contributed by atoms with Crippen LogP contribution < -0.4 is 0 Å². The number of benzene rings is 1. The molecule has 1 aromatic rings. The lowest BCUT2D eigenvalue weighted by Crippen LogP contribution is -2.15. The van der Waals surface area contributed by atoms with Crippen LogP contribution in [-0.4, -0.2) is 36.4 Å². The number of rotatable bonds is 3. The third-order valence-electron chi connectivity index (χ3n) is 2.20. The van der Waals surface area contributed by atoms with Gasteiger partial charge in [0.15, 0.2) is 11.5 Å². The minimum absolute atomic E-state index is 0.307. The van der Waals surface area contributed by atoms with Gasteiger partial charge in [-0.05, 0) is 23.8 Å². The number of phenolic OH excluding ortho intramolecular Hbond substituents is 2. The number of methoxy groups -OCH3 is 2. The summed E-state index contributed by atoms with van der Waals surface area (Å²) in [6.07, 6.45) is 1.18. The average Bonchev–Trinajstić information content (AvgIpc) is 2.39. The summed E-state index contributed by atoms with van der Waals surface area (Å²) < 4.78 is 9.31. The molecule has 0 saturated heterocycles. The maximum atomic E-state index is 11.5. The third kappa shape index (κ3) is 3.47. The lowest BCUT2D eigenvalue weighted by atomic mass is 10.1. The highest BCUT2D eigenvalue weighted by Gasteiger charge is 2.20. The van der Waals surface area contributed by atoms with Crippen LogP contribution in [0.15, 0.2) is 22.2 Å². The van der Waals surface area contributed by atoms with Crippen LogP contribution in [0.1, 0.15) is 5.56 Å². The van der Waals surface area contributed by atoms with Gasteiger partial charge < -0.3 is 19.7 Å². The van der Waals surface area contributed by atoms with Gasteiger partial charge in [0, 0.05) is 4.47 Å². The van der Waals surface area contributed by atoms with Crippen molar-refractivity contribution in [3.05, 3.63) is 27.7 Å². The Hall–Kier alpha value is -2.02. The molecule has 7 heteroatoms. The molecule has 1 rings (SSSR count). The molecule has 0 spiro atoms. The Kier molecular flexibility index (Phi) is 4.94. The maximum absolute atomic E-state index is 11.5. The largest absolute Gasteiger partial charge is 0.504 e. The van der Waals surface area contributed by atoms with E-state index in [4.69, 9.17) is 0 Å². The summed E-state index contributed by atoms with van der Waals surface area (Å²) in [6.45, 7) is 0. The van der Waals surface area contributed by atoms with Crippen LogP contribution in [0.5, 0.6) is 11.5 Å². The summed E-state index contributed by atoms with van der Waals surface area (Å²) in [5, 5.41) is 18.7. The molecular formula is C12H11BrO6. The predicted octanol–water partition coefficient (Wildman–Crippen LogP) is 1.59. The Bertz CT molecular complexity index is 531. The molecule has 0 unspecified atom stereocenters. The highest BCUT2D eigenvalue weighted by atomic mass is 79.9. The van der Waals surface area contributed by atoms with Gasteiger partial charge in [0.1, 0.15) is 5.57 Å². The van der Waals surface area contributed by atoms with Crippen molar-refractivity contribution in [1.29, 1.82) is 0 Å². The second kappa shape index (κ2) is 6.24. The number of hydrogen-bond donors (Lipinski definition) is 2. The molecule has 0 saturated carbocycles. The summed E-state index contributed by atoms with van der Waals surface area (Å²) in [5.74, 6) is -2.46. The molecule has 0 fully saturated rings. The smallest absolute Gasteiger partial charge is 0.345 e. The van der Waals surface area contributed by atoms with Gasteiger partial charge in [-0.2, -0.15) is 0 Å². The van der Waals surface area contributed by atoms with E-state index in [0.29, 0.717) is 10.0 Å². The number of phenols is 2. The van der Waals surface area contributed by atoms with Crippen LogP contribution in [0.4, 0.5) is 0 Å². The van der Waals surface area contributed by atoms with E-state index in [0.717, 1.165) is 14.2 Å². The van der Waals surface area contributed by atoms with Crippen molar-refractivity contribution in [1.82, 2.24) is 0 Å². The molecule has 0 radical (unpaired) electrons. The minimum Gasteiger partial charge on any atom is -0.504 e. The fourth-order valence-corrected chi connectivity index (χ4v) is 1.70. The summed E-state index contributed by atoms with van der Waals surface area (Å²) in [5.41, 5.74) is -0.0307. The fourth-order valence-electron chi connectivity index (χ4n) is 1.25. The molecule has 1 aromatic carbocycles. The zero-order valence-electron chi connectivity index (χ0n) is 10.1. The van der Waals surface area contributed by atoms with Gasteiger partial charge >= 0.3 is 11.9 Å². The van der Waals surface area contributed by atoms with Gasteiger partial charge in [-0.1, -0.05) is 15.9 Å². The number of aromatic hydroxyl groups is 2. The van der Waals surface area contributed by atoms with Gasteiger partial charge in [0.05, 0.1) is 14.2 Å².